The van der Waals surface area contributed by atoms with Gasteiger partial charge < -0.3 is 15.1 Å². The first-order valence-corrected chi connectivity index (χ1v) is 12.0. The summed E-state index contributed by atoms with van der Waals surface area (Å²) in [5, 5.41) is 7.47. The van der Waals surface area contributed by atoms with Crippen molar-refractivity contribution in [3.05, 3.63) is 76.3 Å². The number of hydrogen-bond acceptors (Lipinski definition) is 7. The highest BCUT2D eigenvalue weighted by molar-refractivity contribution is 7.20. The van der Waals surface area contributed by atoms with Gasteiger partial charge in [0.2, 0.25) is 0 Å². The van der Waals surface area contributed by atoms with E-state index in [2.05, 4.69) is 49.8 Å². The number of furan rings is 1. The van der Waals surface area contributed by atoms with Crippen molar-refractivity contribution in [2.24, 2.45) is 0 Å². The van der Waals surface area contributed by atoms with Crippen molar-refractivity contribution in [1.82, 2.24) is 20.2 Å². The third kappa shape index (κ3) is 4.77. The molecule has 2 N–H and O–H groups in total. The van der Waals surface area contributed by atoms with Gasteiger partial charge in [-0.2, -0.15) is 0 Å². The topological polar surface area (TPSA) is 83.3 Å². The predicted octanol–water partition coefficient (Wildman–Crippen LogP) is 4.52. The van der Waals surface area contributed by atoms with Gasteiger partial charge in [0.25, 0.3) is 5.91 Å². The lowest BCUT2D eigenvalue weighted by molar-refractivity contribution is 0.0941. The molecule has 0 saturated carbocycles. The first-order valence-electron chi connectivity index (χ1n) is 11.2. The maximum Gasteiger partial charge on any atom is 0.261 e. The van der Waals surface area contributed by atoms with Crippen LogP contribution >= 0.6 is 11.3 Å². The average molecular weight is 462 g/mol. The molecule has 33 heavy (non-hydrogen) atoms. The standard InChI is InChI=1S/C25H27N5O2S/c1-16-8-9-20(32-16)12-26-23-21-17(2)22(33-25(21)28-15-27-23)24(31)29-19-10-11-30(14-19)13-18-6-4-3-5-7-18/h3-9,15,19H,10-14H2,1-2H3,(H,29,31)(H,26,27,28). The van der Waals surface area contributed by atoms with Crippen LogP contribution < -0.4 is 10.6 Å². The Bertz CT molecular complexity index is 1270. The highest BCUT2D eigenvalue weighted by Crippen LogP contribution is 2.33. The van der Waals surface area contributed by atoms with E-state index in [1.165, 1.54) is 23.2 Å². The van der Waals surface area contributed by atoms with Crippen LogP contribution in [0.1, 0.15) is 38.7 Å². The molecule has 1 unspecified atom stereocenters. The fourth-order valence-corrected chi connectivity index (χ4v) is 5.41. The van der Waals surface area contributed by atoms with Crippen molar-refractivity contribution in [2.45, 2.75) is 39.4 Å². The van der Waals surface area contributed by atoms with Gasteiger partial charge in [0, 0.05) is 25.7 Å². The molecule has 1 amide bonds. The average Bonchev–Trinajstić information content (AvgIpc) is 3.52. The lowest BCUT2D eigenvalue weighted by Crippen LogP contribution is -2.36. The summed E-state index contributed by atoms with van der Waals surface area (Å²) in [4.78, 5) is 25.9. The van der Waals surface area contributed by atoms with Crippen LogP contribution in [0.25, 0.3) is 10.2 Å². The lowest BCUT2D eigenvalue weighted by Gasteiger charge is -2.16. The number of hydrogen-bond donors (Lipinski definition) is 2. The minimum absolute atomic E-state index is 0.0327. The van der Waals surface area contributed by atoms with Crippen molar-refractivity contribution in [2.75, 3.05) is 18.4 Å². The molecule has 1 aliphatic heterocycles. The largest absolute Gasteiger partial charge is 0.465 e. The molecule has 5 rings (SSSR count). The lowest BCUT2D eigenvalue weighted by atomic mass is 10.2. The summed E-state index contributed by atoms with van der Waals surface area (Å²) < 4.78 is 5.64. The van der Waals surface area contributed by atoms with Gasteiger partial charge >= 0.3 is 0 Å². The molecule has 1 aromatic carbocycles. The minimum atomic E-state index is -0.0327. The zero-order valence-corrected chi connectivity index (χ0v) is 19.6. The van der Waals surface area contributed by atoms with Crippen LogP contribution in [-0.4, -0.2) is 39.9 Å². The highest BCUT2D eigenvalue weighted by Gasteiger charge is 2.26. The van der Waals surface area contributed by atoms with E-state index in [9.17, 15) is 4.79 Å². The third-order valence-electron chi connectivity index (χ3n) is 6.02. The second-order valence-electron chi connectivity index (χ2n) is 8.50. The Morgan fingerprint density at radius 2 is 2.03 bits per heavy atom. The van der Waals surface area contributed by atoms with Gasteiger partial charge in [-0.3, -0.25) is 9.69 Å². The van der Waals surface area contributed by atoms with Crippen molar-refractivity contribution >= 4 is 33.3 Å². The molecule has 1 fully saturated rings. The Kier molecular flexibility index (Phi) is 6.11. The SMILES string of the molecule is Cc1ccc(CNc2ncnc3sc(C(=O)NC4CCN(Cc5ccccc5)C4)c(C)c23)o1. The molecule has 170 valence electrons. The number of thiophene rings is 1. The Hall–Kier alpha value is -3.23. The smallest absolute Gasteiger partial charge is 0.261 e. The Balaban J connectivity index is 1.26. The molecule has 0 bridgehead atoms. The first-order chi connectivity index (χ1) is 16.1. The Morgan fingerprint density at radius 3 is 2.82 bits per heavy atom. The highest BCUT2D eigenvalue weighted by atomic mass is 32.1. The molecule has 1 atom stereocenters. The molecule has 1 aliphatic rings. The zero-order chi connectivity index (χ0) is 22.8. The van der Waals surface area contributed by atoms with Crippen LogP contribution in [-0.2, 0) is 13.1 Å². The summed E-state index contributed by atoms with van der Waals surface area (Å²) in [6.45, 7) is 7.17. The molecule has 1 saturated heterocycles. The summed E-state index contributed by atoms with van der Waals surface area (Å²) in [6, 6.07) is 14.5. The van der Waals surface area contributed by atoms with Crippen LogP contribution in [0.3, 0.4) is 0 Å². The van der Waals surface area contributed by atoms with Gasteiger partial charge in [-0.1, -0.05) is 30.3 Å². The van der Waals surface area contributed by atoms with Gasteiger partial charge in [0.05, 0.1) is 16.8 Å². The minimum Gasteiger partial charge on any atom is -0.465 e. The summed E-state index contributed by atoms with van der Waals surface area (Å²) >= 11 is 1.42. The van der Waals surface area contributed by atoms with E-state index in [1.54, 1.807) is 0 Å². The number of carbonyl (C=O) groups excluding carboxylic acids is 1. The molecule has 0 spiro atoms. The quantitative estimate of drug-likeness (QED) is 0.421. The first kappa shape index (κ1) is 21.6. The molecular formula is C25H27N5O2S. The van der Waals surface area contributed by atoms with E-state index >= 15 is 0 Å². The number of benzene rings is 1. The fraction of sp³-hybridized carbons (Fsp3) is 0.320. The number of fused-ring (bicyclic) bond motifs is 1. The summed E-state index contributed by atoms with van der Waals surface area (Å²) in [5.74, 6) is 2.40. The van der Waals surface area contributed by atoms with E-state index < -0.39 is 0 Å². The number of amides is 1. The van der Waals surface area contributed by atoms with E-state index in [1.807, 2.05) is 32.0 Å². The van der Waals surface area contributed by atoms with Gasteiger partial charge in [-0.15, -0.1) is 11.3 Å². The molecular weight excluding hydrogens is 434 g/mol. The molecule has 0 aliphatic carbocycles. The molecule has 3 aromatic heterocycles. The second kappa shape index (κ2) is 9.33. The van der Waals surface area contributed by atoms with Crippen LogP contribution in [0.4, 0.5) is 5.82 Å². The van der Waals surface area contributed by atoms with Gasteiger partial charge in [0.1, 0.15) is 28.5 Å². The fourth-order valence-electron chi connectivity index (χ4n) is 4.36. The van der Waals surface area contributed by atoms with Crippen molar-refractivity contribution in [3.8, 4) is 0 Å². The van der Waals surface area contributed by atoms with Crippen LogP contribution in [0.5, 0.6) is 0 Å². The number of anilines is 1. The summed E-state index contributed by atoms with van der Waals surface area (Å²) in [6.07, 6.45) is 2.49. The maximum absolute atomic E-state index is 13.1. The van der Waals surface area contributed by atoms with Crippen LogP contribution in [0.2, 0.25) is 0 Å². The Labute approximate surface area is 196 Å². The number of nitrogens with one attached hydrogen (secondary N) is 2. The van der Waals surface area contributed by atoms with Gasteiger partial charge in [0.15, 0.2) is 0 Å². The summed E-state index contributed by atoms with van der Waals surface area (Å²) in [5.41, 5.74) is 2.21. The van der Waals surface area contributed by atoms with E-state index in [-0.39, 0.29) is 11.9 Å². The van der Waals surface area contributed by atoms with Crippen LogP contribution in [0.15, 0.2) is 53.2 Å². The van der Waals surface area contributed by atoms with Gasteiger partial charge in [-0.05, 0) is 43.5 Å². The number of aromatic nitrogens is 2. The number of nitrogens with zero attached hydrogens (tertiary/aromatic N) is 3. The molecule has 0 radical (unpaired) electrons. The Morgan fingerprint density at radius 1 is 1.18 bits per heavy atom. The van der Waals surface area contributed by atoms with Gasteiger partial charge in [-0.25, -0.2) is 9.97 Å². The second-order valence-corrected chi connectivity index (χ2v) is 9.50. The van der Waals surface area contributed by atoms with E-state index in [0.29, 0.717) is 11.4 Å². The molecule has 4 heterocycles. The van der Waals surface area contributed by atoms with E-state index in [4.69, 9.17) is 4.42 Å². The van der Waals surface area contributed by atoms with Crippen molar-refractivity contribution in [1.29, 1.82) is 0 Å². The van der Waals surface area contributed by atoms with Crippen molar-refractivity contribution in [3.63, 3.8) is 0 Å². The molecule has 4 aromatic rings. The summed E-state index contributed by atoms with van der Waals surface area (Å²) in [7, 11) is 0. The number of rotatable bonds is 7. The third-order valence-corrected chi connectivity index (χ3v) is 7.21. The van der Waals surface area contributed by atoms with Crippen molar-refractivity contribution < 1.29 is 9.21 Å². The number of carbonyl (C=O) groups is 1. The number of aryl methyl sites for hydroxylation is 2. The number of likely N-dealkylation sites (tertiary alicyclic amines) is 1. The monoisotopic (exact) mass is 461 g/mol. The normalized spacial score (nSPS) is 16.4. The predicted molar refractivity (Wildman–Crippen MR) is 131 cm³/mol. The van der Waals surface area contributed by atoms with Crippen LogP contribution in [0, 0.1) is 13.8 Å². The van der Waals surface area contributed by atoms with E-state index in [0.717, 1.165) is 59.2 Å². The molecule has 7 nitrogen and oxygen atoms in total. The maximum atomic E-state index is 13.1. The molecule has 8 heteroatoms. The zero-order valence-electron chi connectivity index (χ0n) is 18.8.